The maximum atomic E-state index is 5.70. The number of hydrogen-bond acceptors (Lipinski definition) is 4. The lowest BCUT2D eigenvalue weighted by Crippen LogP contribution is -2.05. The van der Waals surface area contributed by atoms with Gasteiger partial charge in [0.05, 0.1) is 24.4 Å². The maximum Gasteiger partial charge on any atom is 0.134 e. The van der Waals surface area contributed by atoms with Crippen LogP contribution in [0.1, 0.15) is 44.3 Å². The summed E-state index contributed by atoms with van der Waals surface area (Å²) in [4.78, 5) is 4.39. The van der Waals surface area contributed by atoms with Crippen molar-refractivity contribution in [1.82, 2.24) is 4.98 Å². The Labute approximate surface area is 130 Å². The molecule has 0 aliphatic heterocycles. The fourth-order valence-corrected chi connectivity index (χ4v) is 3.12. The van der Waals surface area contributed by atoms with Crippen LogP contribution in [0.15, 0.2) is 29.1 Å². The van der Waals surface area contributed by atoms with Crippen LogP contribution in [0.3, 0.4) is 0 Å². The summed E-state index contributed by atoms with van der Waals surface area (Å²) in [5.74, 6) is 0.881. The van der Waals surface area contributed by atoms with Crippen LogP contribution in [0, 0.1) is 0 Å². The molecule has 21 heavy (non-hydrogen) atoms. The van der Waals surface area contributed by atoms with Crippen LogP contribution in [0.4, 0.5) is 0 Å². The van der Waals surface area contributed by atoms with Crippen molar-refractivity contribution in [1.29, 1.82) is 0 Å². The van der Waals surface area contributed by atoms with Crippen LogP contribution in [-0.4, -0.2) is 19.2 Å². The highest BCUT2D eigenvalue weighted by molar-refractivity contribution is 7.07. The first-order valence-electron chi connectivity index (χ1n) is 7.40. The Bertz CT molecular complexity index is 540. The quantitative estimate of drug-likeness (QED) is 0.637. The third-order valence-electron chi connectivity index (χ3n) is 3.66. The molecule has 0 aliphatic rings. The summed E-state index contributed by atoms with van der Waals surface area (Å²) in [6, 6.07) is 6.20. The molecule has 3 nitrogen and oxygen atoms in total. The van der Waals surface area contributed by atoms with Gasteiger partial charge >= 0.3 is 0 Å². The summed E-state index contributed by atoms with van der Waals surface area (Å²) in [6.45, 7) is 2.21. The van der Waals surface area contributed by atoms with Crippen molar-refractivity contribution < 1.29 is 9.47 Å². The second kappa shape index (κ2) is 8.15. The van der Waals surface area contributed by atoms with Gasteiger partial charge in [-0.1, -0.05) is 38.3 Å². The normalized spacial score (nSPS) is 12.3. The Kier molecular flexibility index (Phi) is 6.21. The molecule has 0 aliphatic carbocycles. The third kappa shape index (κ3) is 3.83. The zero-order chi connectivity index (χ0) is 15.1. The molecule has 0 N–H and O–H groups in total. The number of benzene rings is 1. The average Bonchev–Trinajstić information content (AvgIpc) is 3.05. The van der Waals surface area contributed by atoms with Gasteiger partial charge in [0.25, 0.3) is 0 Å². The first-order valence-corrected chi connectivity index (χ1v) is 8.34. The van der Waals surface area contributed by atoms with E-state index in [1.807, 2.05) is 10.9 Å². The van der Waals surface area contributed by atoms with E-state index in [1.54, 1.807) is 25.6 Å². The zero-order valence-electron chi connectivity index (χ0n) is 13.0. The highest BCUT2D eigenvalue weighted by Crippen LogP contribution is 2.38. The molecule has 0 amide bonds. The minimum atomic E-state index is 0.0742. The smallest absolute Gasteiger partial charge is 0.134 e. The Morgan fingerprint density at radius 2 is 2.10 bits per heavy atom. The van der Waals surface area contributed by atoms with Crippen LogP contribution in [0.25, 0.3) is 11.3 Å². The van der Waals surface area contributed by atoms with E-state index in [2.05, 4.69) is 30.1 Å². The highest BCUT2D eigenvalue weighted by Gasteiger charge is 2.19. The molecule has 1 heterocycles. The van der Waals surface area contributed by atoms with Gasteiger partial charge in [0.2, 0.25) is 0 Å². The fourth-order valence-electron chi connectivity index (χ4n) is 2.56. The number of para-hydroxylation sites is 1. The minimum absolute atomic E-state index is 0.0742. The molecule has 0 radical (unpaired) electrons. The van der Waals surface area contributed by atoms with Crippen LogP contribution >= 0.6 is 11.3 Å². The SMILES string of the molecule is CCCCCC(OC)c1cccc(-c2cscn2)c1OC. The molecule has 0 saturated heterocycles. The number of nitrogens with zero attached hydrogens (tertiary/aromatic N) is 1. The van der Waals surface area contributed by atoms with Gasteiger partial charge in [-0.25, -0.2) is 4.98 Å². The molecule has 1 aromatic carbocycles. The van der Waals surface area contributed by atoms with Crippen molar-refractivity contribution in [2.45, 2.75) is 38.7 Å². The Balaban J connectivity index is 2.32. The van der Waals surface area contributed by atoms with Gasteiger partial charge in [0.15, 0.2) is 0 Å². The van der Waals surface area contributed by atoms with E-state index >= 15 is 0 Å². The van der Waals surface area contributed by atoms with E-state index in [0.29, 0.717) is 0 Å². The molecule has 114 valence electrons. The van der Waals surface area contributed by atoms with Crippen molar-refractivity contribution in [3.63, 3.8) is 0 Å². The molecule has 2 rings (SSSR count). The van der Waals surface area contributed by atoms with Crippen LogP contribution in [-0.2, 0) is 4.74 Å². The Hall–Kier alpha value is -1.39. The average molecular weight is 305 g/mol. The number of ether oxygens (including phenoxy) is 2. The minimum Gasteiger partial charge on any atom is -0.496 e. The lowest BCUT2D eigenvalue weighted by Gasteiger charge is -2.20. The molecule has 1 atom stereocenters. The molecule has 0 fully saturated rings. The number of methoxy groups -OCH3 is 2. The van der Waals surface area contributed by atoms with E-state index in [4.69, 9.17) is 9.47 Å². The van der Waals surface area contributed by atoms with Gasteiger partial charge in [-0.05, 0) is 12.5 Å². The molecular weight excluding hydrogens is 282 g/mol. The van der Waals surface area contributed by atoms with Crippen LogP contribution in [0.2, 0.25) is 0 Å². The molecule has 4 heteroatoms. The topological polar surface area (TPSA) is 31.4 Å². The van der Waals surface area contributed by atoms with Crippen molar-refractivity contribution >= 4 is 11.3 Å². The molecular formula is C17H23NO2S. The van der Waals surface area contributed by atoms with E-state index in [1.165, 1.54) is 19.3 Å². The summed E-state index contributed by atoms with van der Waals surface area (Å²) in [6.07, 6.45) is 4.70. The second-order valence-corrected chi connectivity index (χ2v) is 5.74. The largest absolute Gasteiger partial charge is 0.496 e. The Morgan fingerprint density at radius 1 is 1.24 bits per heavy atom. The van der Waals surface area contributed by atoms with Gasteiger partial charge in [-0.3, -0.25) is 0 Å². The lowest BCUT2D eigenvalue weighted by atomic mass is 9.98. The number of unbranched alkanes of at least 4 members (excludes halogenated alkanes) is 2. The summed E-state index contributed by atoms with van der Waals surface area (Å²) in [7, 11) is 3.49. The highest BCUT2D eigenvalue weighted by atomic mass is 32.1. The van der Waals surface area contributed by atoms with Crippen molar-refractivity contribution in [3.8, 4) is 17.0 Å². The maximum absolute atomic E-state index is 5.70. The van der Waals surface area contributed by atoms with E-state index in [-0.39, 0.29) is 6.10 Å². The number of thiazole rings is 1. The predicted molar refractivity (Wildman–Crippen MR) is 88.0 cm³/mol. The molecule has 0 saturated carbocycles. The van der Waals surface area contributed by atoms with E-state index < -0.39 is 0 Å². The Morgan fingerprint density at radius 3 is 2.71 bits per heavy atom. The van der Waals surface area contributed by atoms with Crippen molar-refractivity contribution in [2.75, 3.05) is 14.2 Å². The van der Waals surface area contributed by atoms with E-state index in [9.17, 15) is 0 Å². The first kappa shape index (κ1) is 16.0. The second-order valence-electron chi connectivity index (χ2n) is 5.02. The summed E-state index contributed by atoms with van der Waals surface area (Å²) < 4.78 is 11.4. The summed E-state index contributed by atoms with van der Waals surface area (Å²) >= 11 is 1.59. The van der Waals surface area contributed by atoms with Gasteiger partial charge in [0.1, 0.15) is 5.75 Å². The molecule has 1 aromatic heterocycles. The number of hydrogen-bond donors (Lipinski definition) is 0. The van der Waals surface area contributed by atoms with Gasteiger partial charge < -0.3 is 9.47 Å². The number of rotatable bonds is 8. The van der Waals surface area contributed by atoms with Crippen LogP contribution < -0.4 is 4.74 Å². The molecule has 0 bridgehead atoms. The molecule has 2 aromatic rings. The van der Waals surface area contributed by atoms with Crippen LogP contribution in [0.5, 0.6) is 5.75 Å². The molecule has 0 spiro atoms. The molecule has 1 unspecified atom stereocenters. The van der Waals surface area contributed by atoms with Crippen molar-refractivity contribution in [2.24, 2.45) is 0 Å². The van der Waals surface area contributed by atoms with Gasteiger partial charge in [0, 0.05) is 23.6 Å². The summed E-state index contributed by atoms with van der Waals surface area (Å²) in [5.41, 5.74) is 4.95. The number of aromatic nitrogens is 1. The zero-order valence-corrected chi connectivity index (χ0v) is 13.8. The standard InChI is InChI=1S/C17H23NO2S/c1-4-5-6-10-16(19-2)14-9-7-8-13(17(14)20-3)15-11-21-12-18-15/h7-9,11-12,16H,4-6,10H2,1-3H3. The fraction of sp³-hybridized carbons (Fsp3) is 0.471. The predicted octanol–water partition coefficient (Wildman–Crippen LogP) is 5.09. The summed E-state index contributed by atoms with van der Waals surface area (Å²) in [5, 5.41) is 2.04. The third-order valence-corrected chi connectivity index (χ3v) is 4.25. The first-order chi connectivity index (χ1) is 10.3. The van der Waals surface area contributed by atoms with Gasteiger partial charge in [-0.15, -0.1) is 11.3 Å². The van der Waals surface area contributed by atoms with Gasteiger partial charge in [-0.2, -0.15) is 0 Å². The lowest BCUT2D eigenvalue weighted by molar-refractivity contribution is 0.0909. The monoisotopic (exact) mass is 305 g/mol. The van der Waals surface area contributed by atoms with E-state index in [0.717, 1.165) is 29.0 Å². The van der Waals surface area contributed by atoms with Crippen molar-refractivity contribution in [3.05, 3.63) is 34.7 Å².